The van der Waals surface area contributed by atoms with Crippen molar-refractivity contribution >= 4 is 0 Å². The summed E-state index contributed by atoms with van der Waals surface area (Å²) < 4.78 is 0. The van der Waals surface area contributed by atoms with Gasteiger partial charge in [-0.1, -0.05) is 64.2 Å². The van der Waals surface area contributed by atoms with E-state index in [1.165, 1.54) is 51.4 Å². The number of hydrogen-bond acceptors (Lipinski definition) is 1. The Balaban J connectivity index is 3.14. The Morgan fingerprint density at radius 1 is 0.938 bits per heavy atom. The summed E-state index contributed by atoms with van der Waals surface area (Å²) in [5.74, 6) is 2.42. The highest BCUT2D eigenvalue weighted by atomic mass is 16.3. The molecular weight excluding hydrogens is 196 g/mol. The highest BCUT2D eigenvalue weighted by molar-refractivity contribution is 5.03. The van der Waals surface area contributed by atoms with Crippen LogP contribution in [0.2, 0.25) is 0 Å². The van der Waals surface area contributed by atoms with Crippen LogP contribution in [-0.4, -0.2) is 10.7 Å². The van der Waals surface area contributed by atoms with Crippen molar-refractivity contribution in [1.82, 2.24) is 0 Å². The number of terminal acetylenes is 1. The van der Waals surface area contributed by atoms with Gasteiger partial charge in [-0.3, -0.25) is 0 Å². The third-order valence-electron chi connectivity index (χ3n) is 3.08. The van der Waals surface area contributed by atoms with Crippen LogP contribution >= 0.6 is 0 Å². The lowest BCUT2D eigenvalue weighted by Gasteiger charge is -2.15. The van der Waals surface area contributed by atoms with E-state index in [4.69, 9.17) is 6.42 Å². The van der Waals surface area contributed by atoms with Crippen molar-refractivity contribution in [2.75, 3.05) is 0 Å². The Bertz CT molecular complexity index is 188. The van der Waals surface area contributed by atoms with Gasteiger partial charge in [-0.05, 0) is 19.8 Å². The smallest absolute Gasteiger partial charge is 0.122 e. The molecule has 0 aliphatic carbocycles. The van der Waals surface area contributed by atoms with Crippen LogP contribution < -0.4 is 0 Å². The van der Waals surface area contributed by atoms with Crippen molar-refractivity contribution in [2.24, 2.45) is 0 Å². The predicted molar refractivity (Wildman–Crippen MR) is 71.3 cm³/mol. The Labute approximate surface area is 102 Å². The standard InChI is InChI=1S/C15H28O/c1-4-6-7-8-9-10-11-12-13-14-15(3,16)5-2/h2,16H,4,6-14H2,1,3H3. The van der Waals surface area contributed by atoms with Gasteiger partial charge in [0.25, 0.3) is 0 Å². The zero-order chi connectivity index (χ0) is 12.3. The lowest BCUT2D eigenvalue weighted by molar-refractivity contribution is 0.109. The van der Waals surface area contributed by atoms with Gasteiger partial charge in [-0.15, -0.1) is 6.42 Å². The van der Waals surface area contributed by atoms with E-state index in [1.54, 1.807) is 6.92 Å². The Morgan fingerprint density at radius 3 is 1.81 bits per heavy atom. The molecule has 1 N–H and O–H groups in total. The van der Waals surface area contributed by atoms with E-state index in [0.29, 0.717) is 0 Å². The second-order valence-electron chi connectivity index (χ2n) is 5.00. The van der Waals surface area contributed by atoms with Crippen molar-refractivity contribution < 1.29 is 5.11 Å². The average Bonchev–Trinajstić information content (AvgIpc) is 2.27. The van der Waals surface area contributed by atoms with Crippen molar-refractivity contribution in [3.05, 3.63) is 0 Å². The van der Waals surface area contributed by atoms with E-state index in [1.807, 2.05) is 0 Å². The minimum absolute atomic E-state index is 0.735. The lowest BCUT2D eigenvalue weighted by atomic mass is 9.98. The van der Waals surface area contributed by atoms with E-state index in [-0.39, 0.29) is 0 Å². The SMILES string of the molecule is C#CC(C)(O)CCCCCCCCCCC. The maximum absolute atomic E-state index is 9.59. The zero-order valence-corrected chi connectivity index (χ0v) is 11.1. The molecule has 0 heterocycles. The first-order chi connectivity index (χ1) is 7.62. The second kappa shape index (κ2) is 9.73. The molecule has 0 aliphatic rings. The fourth-order valence-electron chi connectivity index (χ4n) is 1.85. The molecule has 1 heteroatoms. The number of hydrogen-bond donors (Lipinski definition) is 1. The molecule has 0 saturated carbocycles. The van der Waals surface area contributed by atoms with Gasteiger partial charge in [0.15, 0.2) is 0 Å². The number of rotatable bonds is 10. The number of aliphatic hydroxyl groups is 1. The van der Waals surface area contributed by atoms with Crippen molar-refractivity contribution in [3.63, 3.8) is 0 Å². The average molecular weight is 224 g/mol. The van der Waals surface area contributed by atoms with Crippen molar-refractivity contribution in [2.45, 2.75) is 83.7 Å². The molecule has 0 fully saturated rings. The van der Waals surface area contributed by atoms with E-state index in [9.17, 15) is 5.11 Å². The first-order valence-corrected chi connectivity index (χ1v) is 6.82. The highest BCUT2D eigenvalue weighted by Crippen LogP contribution is 2.15. The fourth-order valence-corrected chi connectivity index (χ4v) is 1.85. The maximum Gasteiger partial charge on any atom is 0.122 e. The summed E-state index contributed by atoms with van der Waals surface area (Å²) in [7, 11) is 0. The van der Waals surface area contributed by atoms with E-state index >= 15 is 0 Å². The summed E-state index contributed by atoms with van der Waals surface area (Å²) in [6.07, 6.45) is 17.7. The second-order valence-corrected chi connectivity index (χ2v) is 5.00. The molecule has 1 atom stereocenters. The summed E-state index contributed by atoms with van der Waals surface area (Å²) >= 11 is 0. The van der Waals surface area contributed by atoms with Crippen LogP contribution in [-0.2, 0) is 0 Å². The molecule has 0 aliphatic heterocycles. The topological polar surface area (TPSA) is 20.2 Å². The zero-order valence-electron chi connectivity index (χ0n) is 11.1. The molecule has 0 aromatic carbocycles. The summed E-state index contributed by atoms with van der Waals surface area (Å²) in [6.45, 7) is 3.97. The van der Waals surface area contributed by atoms with E-state index in [2.05, 4.69) is 12.8 Å². The predicted octanol–water partition coefficient (Wildman–Crippen LogP) is 4.29. The maximum atomic E-state index is 9.59. The van der Waals surface area contributed by atoms with E-state index in [0.717, 1.165) is 12.8 Å². The van der Waals surface area contributed by atoms with Gasteiger partial charge in [0, 0.05) is 0 Å². The molecule has 0 aromatic heterocycles. The number of unbranched alkanes of at least 4 members (excludes halogenated alkanes) is 8. The van der Waals surface area contributed by atoms with Crippen LogP contribution in [0.1, 0.15) is 78.1 Å². The van der Waals surface area contributed by atoms with Crippen LogP contribution in [0.4, 0.5) is 0 Å². The Kier molecular flexibility index (Phi) is 9.43. The van der Waals surface area contributed by atoms with Gasteiger partial charge >= 0.3 is 0 Å². The molecule has 0 amide bonds. The normalized spacial score (nSPS) is 14.4. The molecule has 0 radical (unpaired) electrons. The van der Waals surface area contributed by atoms with Gasteiger partial charge in [0.2, 0.25) is 0 Å². The van der Waals surface area contributed by atoms with Gasteiger partial charge < -0.3 is 5.11 Å². The van der Waals surface area contributed by atoms with Gasteiger partial charge in [0.05, 0.1) is 0 Å². The van der Waals surface area contributed by atoms with Crippen LogP contribution in [0.15, 0.2) is 0 Å². The monoisotopic (exact) mass is 224 g/mol. The third kappa shape index (κ3) is 10.1. The van der Waals surface area contributed by atoms with Crippen molar-refractivity contribution in [1.29, 1.82) is 0 Å². The summed E-state index contributed by atoms with van der Waals surface area (Å²) in [6, 6.07) is 0. The molecule has 1 nitrogen and oxygen atoms in total. The fraction of sp³-hybridized carbons (Fsp3) is 0.867. The third-order valence-corrected chi connectivity index (χ3v) is 3.08. The minimum Gasteiger partial charge on any atom is -0.378 e. The van der Waals surface area contributed by atoms with Gasteiger partial charge in [-0.2, -0.15) is 0 Å². The quantitative estimate of drug-likeness (QED) is 0.433. The van der Waals surface area contributed by atoms with Crippen LogP contribution in [0.3, 0.4) is 0 Å². The lowest BCUT2D eigenvalue weighted by Crippen LogP contribution is -2.20. The summed E-state index contributed by atoms with van der Waals surface area (Å²) in [5.41, 5.74) is -0.888. The molecule has 0 saturated heterocycles. The Hall–Kier alpha value is -0.480. The van der Waals surface area contributed by atoms with Crippen LogP contribution in [0.5, 0.6) is 0 Å². The van der Waals surface area contributed by atoms with E-state index < -0.39 is 5.60 Å². The molecule has 0 rings (SSSR count). The molecule has 0 bridgehead atoms. The molecule has 0 aromatic rings. The molecule has 16 heavy (non-hydrogen) atoms. The van der Waals surface area contributed by atoms with Gasteiger partial charge in [-0.25, -0.2) is 0 Å². The highest BCUT2D eigenvalue weighted by Gasteiger charge is 2.14. The Morgan fingerprint density at radius 2 is 1.38 bits per heavy atom. The molecule has 94 valence electrons. The van der Waals surface area contributed by atoms with Crippen molar-refractivity contribution in [3.8, 4) is 12.3 Å². The first kappa shape index (κ1) is 15.5. The minimum atomic E-state index is -0.888. The largest absolute Gasteiger partial charge is 0.378 e. The molecule has 0 spiro atoms. The first-order valence-electron chi connectivity index (χ1n) is 6.82. The summed E-state index contributed by atoms with van der Waals surface area (Å²) in [4.78, 5) is 0. The van der Waals surface area contributed by atoms with Gasteiger partial charge in [0.1, 0.15) is 5.60 Å². The van der Waals surface area contributed by atoms with Crippen LogP contribution in [0, 0.1) is 12.3 Å². The molecular formula is C15H28O. The summed E-state index contributed by atoms with van der Waals surface area (Å²) in [5, 5.41) is 9.59. The van der Waals surface area contributed by atoms with Crippen LogP contribution in [0.25, 0.3) is 0 Å². The molecule has 1 unspecified atom stereocenters.